The molecule has 0 radical (unpaired) electrons. The van der Waals surface area contributed by atoms with E-state index >= 15 is 0 Å². The van der Waals surface area contributed by atoms with Crippen molar-refractivity contribution < 1.29 is 18.4 Å². The monoisotopic (exact) mass is 545 g/mol. The molecule has 0 fully saturated rings. The van der Waals surface area contributed by atoms with Crippen molar-refractivity contribution in [3.8, 4) is 0 Å². The summed E-state index contributed by atoms with van der Waals surface area (Å²) in [7, 11) is -4.38. The van der Waals surface area contributed by atoms with E-state index in [9.17, 15) is 23.6 Å². The Kier molecular flexibility index (Phi) is 9.08. The molecule has 1 N–H and O–H groups in total. The molecule has 39 heavy (non-hydrogen) atoms. The van der Waals surface area contributed by atoms with Gasteiger partial charge in [-0.2, -0.15) is 0 Å². The standard InChI is InChI=1S/C30H31N3O5S/c1-24-16-18-27(19-17-24)32(39(37,38)30-15-9-8-14-29(30)33(35)36)23-28(34)22-31(20-25-10-4-2-5-11-25)21-26-12-6-3-7-13-26/h2-19,28,34H,20-23H2,1H3/t28-/m1/s1. The van der Waals surface area contributed by atoms with E-state index in [2.05, 4.69) is 4.90 Å². The molecule has 4 aromatic rings. The molecule has 0 spiro atoms. The Morgan fingerprint density at radius 2 is 1.28 bits per heavy atom. The molecule has 8 nitrogen and oxygen atoms in total. The van der Waals surface area contributed by atoms with Crippen LogP contribution in [0.3, 0.4) is 0 Å². The highest BCUT2D eigenvalue weighted by Crippen LogP contribution is 2.30. The predicted molar refractivity (Wildman–Crippen MR) is 152 cm³/mol. The SMILES string of the molecule is Cc1ccc(N(C[C@H](O)CN(Cc2ccccc2)Cc2ccccc2)S(=O)(=O)c2ccccc2[N+](=O)[O-])cc1. The maximum absolute atomic E-state index is 13.8. The molecule has 0 aliphatic heterocycles. The summed E-state index contributed by atoms with van der Waals surface area (Å²) >= 11 is 0. The van der Waals surface area contributed by atoms with Crippen molar-refractivity contribution >= 4 is 21.4 Å². The van der Waals surface area contributed by atoms with Gasteiger partial charge < -0.3 is 5.11 Å². The van der Waals surface area contributed by atoms with E-state index in [0.717, 1.165) is 27.1 Å². The topological polar surface area (TPSA) is 104 Å². The normalized spacial score (nSPS) is 12.3. The molecule has 9 heteroatoms. The van der Waals surface area contributed by atoms with Gasteiger partial charge in [-0.05, 0) is 36.2 Å². The molecular weight excluding hydrogens is 514 g/mol. The number of hydrogen-bond donors (Lipinski definition) is 1. The van der Waals surface area contributed by atoms with E-state index in [1.165, 1.54) is 18.2 Å². The number of rotatable bonds is 12. The first-order chi connectivity index (χ1) is 18.7. The second-order valence-electron chi connectivity index (χ2n) is 9.39. The molecule has 0 amide bonds. The number of hydrogen-bond acceptors (Lipinski definition) is 6. The quantitative estimate of drug-likeness (QED) is 0.195. The summed E-state index contributed by atoms with van der Waals surface area (Å²) < 4.78 is 28.7. The van der Waals surface area contributed by atoms with Gasteiger partial charge in [0.1, 0.15) is 0 Å². The molecule has 1 atom stereocenters. The predicted octanol–water partition coefficient (Wildman–Crippen LogP) is 5.16. The van der Waals surface area contributed by atoms with Gasteiger partial charge in [0.2, 0.25) is 0 Å². The molecule has 0 aliphatic carbocycles. The average Bonchev–Trinajstić information content (AvgIpc) is 2.93. The van der Waals surface area contributed by atoms with Gasteiger partial charge >= 0.3 is 0 Å². The van der Waals surface area contributed by atoms with E-state index in [1.807, 2.05) is 67.6 Å². The Labute approximate surface area is 229 Å². The molecule has 4 rings (SSSR count). The fourth-order valence-corrected chi connectivity index (χ4v) is 6.08. The lowest BCUT2D eigenvalue weighted by Crippen LogP contribution is -2.42. The van der Waals surface area contributed by atoms with Crippen molar-refractivity contribution in [2.75, 3.05) is 17.4 Å². The highest BCUT2D eigenvalue weighted by molar-refractivity contribution is 7.93. The van der Waals surface area contributed by atoms with Crippen LogP contribution < -0.4 is 4.31 Å². The lowest BCUT2D eigenvalue weighted by molar-refractivity contribution is -0.387. The number of nitro groups is 1. The van der Waals surface area contributed by atoms with E-state index < -0.39 is 31.6 Å². The van der Waals surface area contributed by atoms with Crippen molar-refractivity contribution in [3.63, 3.8) is 0 Å². The minimum atomic E-state index is -4.38. The first-order valence-electron chi connectivity index (χ1n) is 12.5. The number of aryl methyl sites for hydroxylation is 1. The van der Waals surface area contributed by atoms with Crippen LogP contribution in [-0.2, 0) is 23.1 Å². The van der Waals surface area contributed by atoms with E-state index in [1.54, 1.807) is 24.3 Å². The van der Waals surface area contributed by atoms with Gasteiger partial charge in [0, 0.05) is 25.7 Å². The number of aliphatic hydroxyl groups excluding tert-OH is 1. The van der Waals surface area contributed by atoms with Crippen LogP contribution >= 0.6 is 0 Å². The number of aliphatic hydroxyl groups is 1. The Hall–Kier alpha value is -4.05. The first kappa shape index (κ1) is 28.0. The maximum atomic E-state index is 13.8. The Balaban J connectivity index is 1.64. The lowest BCUT2D eigenvalue weighted by Gasteiger charge is -2.30. The third kappa shape index (κ3) is 7.29. The molecule has 0 unspecified atom stereocenters. The van der Waals surface area contributed by atoms with Crippen LogP contribution in [0.5, 0.6) is 0 Å². The molecule has 4 aromatic carbocycles. The number of benzene rings is 4. The minimum absolute atomic E-state index is 0.179. The van der Waals surface area contributed by atoms with Gasteiger partial charge in [-0.3, -0.25) is 19.3 Å². The Morgan fingerprint density at radius 3 is 1.82 bits per heavy atom. The fourth-order valence-electron chi connectivity index (χ4n) is 4.41. The second-order valence-corrected chi connectivity index (χ2v) is 11.2. The van der Waals surface area contributed by atoms with Crippen molar-refractivity contribution in [1.82, 2.24) is 4.90 Å². The molecule has 0 saturated heterocycles. The van der Waals surface area contributed by atoms with Crippen molar-refractivity contribution in [3.05, 3.63) is 136 Å². The van der Waals surface area contributed by atoms with Crippen LogP contribution in [0.25, 0.3) is 0 Å². The highest BCUT2D eigenvalue weighted by atomic mass is 32.2. The van der Waals surface area contributed by atoms with Crippen LogP contribution in [0.15, 0.2) is 114 Å². The summed E-state index contributed by atoms with van der Waals surface area (Å²) in [5.74, 6) is 0. The smallest absolute Gasteiger partial charge is 0.289 e. The molecule has 202 valence electrons. The van der Waals surface area contributed by atoms with Gasteiger partial charge in [0.25, 0.3) is 15.7 Å². The van der Waals surface area contributed by atoms with Crippen LogP contribution in [-0.4, -0.2) is 42.5 Å². The molecule has 0 heterocycles. The molecule has 0 aromatic heterocycles. The lowest BCUT2D eigenvalue weighted by atomic mass is 10.1. The van der Waals surface area contributed by atoms with Gasteiger partial charge in [-0.15, -0.1) is 0 Å². The maximum Gasteiger partial charge on any atom is 0.289 e. The Bertz CT molecular complexity index is 1440. The third-order valence-electron chi connectivity index (χ3n) is 6.30. The molecule has 0 saturated carbocycles. The van der Waals surface area contributed by atoms with Gasteiger partial charge in [-0.1, -0.05) is 90.5 Å². The van der Waals surface area contributed by atoms with Crippen LogP contribution in [0.2, 0.25) is 0 Å². The summed E-state index contributed by atoms with van der Waals surface area (Å²) in [4.78, 5) is 12.6. The van der Waals surface area contributed by atoms with Crippen molar-refractivity contribution in [1.29, 1.82) is 0 Å². The average molecular weight is 546 g/mol. The number of anilines is 1. The molecule has 0 bridgehead atoms. The second kappa shape index (κ2) is 12.7. The van der Waals surface area contributed by atoms with Gasteiger partial charge in [0.15, 0.2) is 4.90 Å². The number of nitrogens with zero attached hydrogens (tertiary/aromatic N) is 3. The van der Waals surface area contributed by atoms with E-state index in [4.69, 9.17) is 0 Å². The largest absolute Gasteiger partial charge is 0.390 e. The summed E-state index contributed by atoms with van der Waals surface area (Å²) in [6.45, 7) is 2.88. The summed E-state index contributed by atoms with van der Waals surface area (Å²) in [5.41, 5.74) is 2.85. The zero-order chi connectivity index (χ0) is 27.8. The van der Waals surface area contributed by atoms with E-state index in [0.29, 0.717) is 18.8 Å². The summed E-state index contributed by atoms with van der Waals surface area (Å²) in [6.07, 6.45) is -1.09. The summed E-state index contributed by atoms with van der Waals surface area (Å²) in [5, 5.41) is 22.9. The van der Waals surface area contributed by atoms with Gasteiger partial charge in [0.05, 0.1) is 23.3 Å². The zero-order valence-corrected chi connectivity index (χ0v) is 22.4. The van der Waals surface area contributed by atoms with Crippen LogP contribution in [0.1, 0.15) is 16.7 Å². The van der Waals surface area contributed by atoms with Crippen LogP contribution in [0.4, 0.5) is 11.4 Å². The van der Waals surface area contributed by atoms with Crippen LogP contribution in [0, 0.1) is 17.0 Å². The van der Waals surface area contributed by atoms with E-state index in [-0.39, 0.29) is 13.1 Å². The van der Waals surface area contributed by atoms with Crippen molar-refractivity contribution in [2.24, 2.45) is 0 Å². The number of sulfonamides is 1. The molecule has 0 aliphatic rings. The number of nitro benzene ring substituents is 1. The third-order valence-corrected chi connectivity index (χ3v) is 8.14. The fraction of sp³-hybridized carbons (Fsp3) is 0.200. The van der Waals surface area contributed by atoms with Crippen molar-refractivity contribution in [2.45, 2.75) is 31.0 Å². The summed E-state index contributed by atoms with van der Waals surface area (Å²) in [6, 6.07) is 31.7. The zero-order valence-electron chi connectivity index (χ0n) is 21.6. The number of para-hydroxylation sites is 1. The molecular formula is C30H31N3O5S. The first-order valence-corrected chi connectivity index (χ1v) is 14.0. The van der Waals surface area contributed by atoms with Gasteiger partial charge in [-0.25, -0.2) is 8.42 Å². The minimum Gasteiger partial charge on any atom is -0.390 e. The Morgan fingerprint density at radius 1 is 0.769 bits per heavy atom. The highest BCUT2D eigenvalue weighted by Gasteiger charge is 2.33.